The predicted molar refractivity (Wildman–Crippen MR) is 74.9 cm³/mol. The van der Waals surface area contributed by atoms with E-state index in [9.17, 15) is 14.3 Å². The van der Waals surface area contributed by atoms with Crippen molar-refractivity contribution in [3.63, 3.8) is 0 Å². The van der Waals surface area contributed by atoms with Crippen LogP contribution in [0.5, 0.6) is 0 Å². The highest BCUT2D eigenvalue weighted by molar-refractivity contribution is 6.05. The van der Waals surface area contributed by atoms with E-state index in [4.69, 9.17) is 0 Å². The molecule has 0 aliphatic rings. The minimum absolute atomic E-state index is 0.175. The Morgan fingerprint density at radius 1 is 1.50 bits per heavy atom. The van der Waals surface area contributed by atoms with Crippen LogP contribution < -0.4 is 5.32 Å². The van der Waals surface area contributed by atoms with Gasteiger partial charge in [-0.3, -0.25) is 9.78 Å². The topological polar surface area (TPSA) is 62.2 Å². The Morgan fingerprint density at radius 3 is 2.90 bits per heavy atom. The molecule has 0 fully saturated rings. The predicted octanol–water partition coefficient (Wildman–Crippen LogP) is 2.26. The maximum Gasteiger partial charge on any atom is 0.254 e. The molecule has 0 bridgehead atoms. The summed E-state index contributed by atoms with van der Waals surface area (Å²) >= 11 is 0. The summed E-state index contributed by atoms with van der Waals surface area (Å²) in [6.07, 6.45) is 2.12. The summed E-state index contributed by atoms with van der Waals surface area (Å²) in [5.74, 6) is -0.926. The first kappa shape index (κ1) is 14.4. The Labute approximate surface area is 116 Å². The van der Waals surface area contributed by atoms with E-state index in [-0.39, 0.29) is 12.2 Å². The molecule has 106 valence electrons. The number of amides is 1. The molecule has 1 atom stereocenters. The highest BCUT2D eigenvalue weighted by atomic mass is 19.1. The molecule has 0 aliphatic heterocycles. The van der Waals surface area contributed by atoms with Gasteiger partial charge in [0.05, 0.1) is 23.2 Å². The van der Waals surface area contributed by atoms with E-state index in [1.807, 2.05) is 6.92 Å². The van der Waals surface area contributed by atoms with Gasteiger partial charge in [-0.15, -0.1) is 0 Å². The number of nitrogens with one attached hydrogen (secondary N) is 1. The summed E-state index contributed by atoms with van der Waals surface area (Å²) in [6.45, 7) is 3.41. The number of aromatic nitrogens is 1. The van der Waals surface area contributed by atoms with Gasteiger partial charge in [-0.2, -0.15) is 0 Å². The van der Waals surface area contributed by atoms with Crippen LogP contribution >= 0.6 is 0 Å². The number of pyridine rings is 1. The number of carbonyl (C=O) groups is 1. The third-order valence-corrected chi connectivity index (χ3v) is 3.46. The average Bonchev–Trinajstić information content (AvgIpc) is 2.46. The van der Waals surface area contributed by atoms with Crippen molar-refractivity contribution in [1.82, 2.24) is 10.3 Å². The first-order chi connectivity index (χ1) is 9.49. The van der Waals surface area contributed by atoms with Crippen molar-refractivity contribution in [2.45, 2.75) is 25.8 Å². The molecule has 1 unspecified atom stereocenters. The summed E-state index contributed by atoms with van der Waals surface area (Å²) in [4.78, 5) is 16.5. The maximum absolute atomic E-state index is 13.6. The van der Waals surface area contributed by atoms with Gasteiger partial charge in [0.2, 0.25) is 0 Å². The van der Waals surface area contributed by atoms with Gasteiger partial charge in [0.1, 0.15) is 5.82 Å². The van der Waals surface area contributed by atoms with Gasteiger partial charge in [0, 0.05) is 11.6 Å². The third-order valence-electron chi connectivity index (χ3n) is 3.46. The lowest BCUT2D eigenvalue weighted by Gasteiger charge is -2.27. The summed E-state index contributed by atoms with van der Waals surface area (Å²) in [5.41, 5.74) is -0.110. The highest BCUT2D eigenvalue weighted by Gasteiger charge is 2.25. The molecular formula is C15H17FN2O2. The van der Waals surface area contributed by atoms with Crippen molar-refractivity contribution < 1.29 is 14.3 Å². The molecular weight excluding hydrogens is 259 g/mol. The summed E-state index contributed by atoms with van der Waals surface area (Å²) < 4.78 is 13.6. The zero-order valence-corrected chi connectivity index (χ0v) is 11.5. The van der Waals surface area contributed by atoms with Crippen molar-refractivity contribution in [2.24, 2.45) is 0 Å². The molecule has 1 heterocycles. The number of rotatable bonds is 4. The summed E-state index contributed by atoms with van der Waals surface area (Å²) in [7, 11) is 0. The van der Waals surface area contributed by atoms with Crippen molar-refractivity contribution in [3.8, 4) is 0 Å². The number of aliphatic hydroxyl groups excluding tert-OH is 1. The molecule has 1 aromatic heterocycles. The number of nitrogens with zero attached hydrogens (tertiary/aromatic N) is 1. The zero-order chi connectivity index (χ0) is 14.8. The molecule has 1 amide bonds. The number of hydrogen-bond acceptors (Lipinski definition) is 3. The molecule has 0 saturated carbocycles. The van der Waals surface area contributed by atoms with E-state index < -0.39 is 17.3 Å². The van der Waals surface area contributed by atoms with Gasteiger partial charge in [-0.1, -0.05) is 13.0 Å². The Hall–Kier alpha value is -2.01. The molecule has 2 rings (SSSR count). The minimum Gasteiger partial charge on any atom is -0.394 e. The monoisotopic (exact) mass is 276 g/mol. The Balaban J connectivity index is 2.44. The lowest BCUT2D eigenvalue weighted by molar-refractivity contribution is 0.0848. The molecule has 4 nitrogen and oxygen atoms in total. The van der Waals surface area contributed by atoms with E-state index >= 15 is 0 Å². The average molecular weight is 276 g/mol. The van der Waals surface area contributed by atoms with Crippen LogP contribution in [0, 0.1) is 5.82 Å². The van der Waals surface area contributed by atoms with Crippen molar-refractivity contribution >= 4 is 16.8 Å². The van der Waals surface area contributed by atoms with Gasteiger partial charge >= 0.3 is 0 Å². The Kier molecular flexibility index (Phi) is 3.99. The fourth-order valence-electron chi connectivity index (χ4n) is 1.91. The lowest BCUT2D eigenvalue weighted by atomic mass is 9.99. The molecule has 0 spiro atoms. The largest absolute Gasteiger partial charge is 0.394 e. The van der Waals surface area contributed by atoms with Crippen molar-refractivity contribution in [2.75, 3.05) is 6.61 Å². The number of benzene rings is 1. The minimum atomic E-state index is -0.732. The van der Waals surface area contributed by atoms with Crippen LogP contribution in [0.1, 0.15) is 30.6 Å². The van der Waals surface area contributed by atoms with E-state index in [0.717, 1.165) is 6.07 Å². The lowest BCUT2D eigenvalue weighted by Crippen LogP contribution is -2.48. The van der Waals surface area contributed by atoms with Crippen LogP contribution in [0.25, 0.3) is 10.9 Å². The molecule has 0 radical (unpaired) electrons. The van der Waals surface area contributed by atoms with Gasteiger partial charge in [0.15, 0.2) is 0 Å². The van der Waals surface area contributed by atoms with Gasteiger partial charge in [-0.25, -0.2) is 4.39 Å². The van der Waals surface area contributed by atoms with Crippen LogP contribution in [0.15, 0.2) is 30.5 Å². The Morgan fingerprint density at radius 2 is 2.25 bits per heavy atom. The van der Waals surface area contributed by atoms with E-state index in [1.165, 1.54) is 6.07 Å². The van der Waals surface area contributed by atoms with E-state index in [1.54, 1.807) is 25.3 Å². The summed E-state index contributed by atoms with van der Waals surface area (Å²) in [6, 6.07) is 5.89. The van der Waals surface area contributed by atoms with Crippen LogP contribution in [0.3, 0.4) is 0 Å². The second kappa shape index (κ2) is 5.54. The van der Waals surface area contributed by atoms with E-state index in [0.29, 0.717) is 17.3 Å². The smallest absolute Gasteiger partial charge is 0.254 e. The number of carbonyl (C=O) groups excluding carboxylic acids is 1. The van der Waals surface area contributed by atoms with Crippen LogP contribution in [0.2, 0.25) is 0 Å². The zero-order valence-electron chi connectivity index (χ0n) is 11.5. The van der Waals surface area contributed by atoms with Crippen LogP contribution in [-0.2, 0) is 0 Å². The molecule has 1 aromatic carbocycles. The quantitative estimate of drug-likeness (QED) is 0.900. The molecule has 2 aromatic rings. The first-order valence-electron chi connectivity index (χ1n) is 6.47. The third kappa shape index (κ3) is 2.77. The van der Waals surface area contributed by atoms with Crippen LogP contribution in [0.4, 0.5) is 4.39 Å². The van der Waals surface area contributed by atoms with Crippen LogP contribution in [-0.4, -0.2) is 28.1 Å². The number of hydrogen-bond donors (Lipinski definition) is 2. The van der Waals surface area contributed by atoms with Crippen molar-refractivity contribution in [3.05, 3.63) is 41.8 Å². The molecule has 0 saturated heterocycles. The fourth-order valence-corrected chi connectivity index (χ4v) is 1.91. The SMILES string of the molecule is CCC(C)(CO)NC(=O)c1cc(F)cc2cccnc12. The fraction of sp³-hybridized carbons (Fsp3) is 0.333. The molecule has 20 heavy (non-hydrogen) atoms. The first-order valence-corrected chi connectivity index (χ1v) is 6.47. The Bertz CT molecular complexity index is 639. The van der Waals surface area contributed by atoms with E-state index in [2.05, 4.69) is 10.3 Å². The summed E-state index contributed by atoms with van der Waals surface area (Å²) in [5, 5.41) is 12.6. The standard InChI is InChI=1S/C15H17FN2O2/c1-3-15(2,9-19)18-14(20)12-8-11(16)7-10-5-4-6-17-13(10)12/h4-8,19H,3,9H2,1-2H3,(H,18,20). The normalized spacial score (nSPS) is 14.0. The van der Waals surface area contributed by atoms with Gasteiger partial charge < -0.3 is 10.4 Å². The second-order valence-corrected chi connectivity index (χ2v) is 5.05. The maximum atomic E-state index is 13.6. The molecule has 0 aliphatic carbocycles. The second-order valence-electron chi connectivity index (χ2n) is 5.05. The molecule has 2 N–H and O–H groups in total. The van der Waals surface area contributed by atoms with Gasteiger partial charge in [0.25, 0.3) is 5.91 Å². The van der Waals surface area contributed by atoms with Crippen molar-refractivity contribution in [1.29, 1.82) is 0 Å². The number of halogens is 1. The number of aliphatic hydroxyl groups is 1. The number of fused-ring (bicyclic) bond motifs is 1. The molecule has 5 heteroatoms. The highest BCUT2D eigenvalue weighted by Crippen LogP contribution is 2.19. The van der Waals surface area contributed by atoms with Gasteiger partial charge in [-0.05, 0) is 31.5 Å².